The summed E-state index contributed by atoms with van der Waals surface area (Å²) < 4.78 is 5.03. The van der Waals surface area contributed by atoms with Gasteiger partial charge in [-0.3, -0.25) is 0 Å². The molecular formula is C8H12ClN3O. The molecule has 1 aliphatic rings. The Morgan fingerprint density at radius 1 is 1.54 bits per heavy atom. The summed E-state index contributed by atoms with van der Waals surface area (Å²) in [6, 6.07) is 0. The van der Waals surface area contributed by atoms with Crippen LogP contribution in [0, 0.1) is 6.92 Å². The molecule has 0 radical (unpaired) electrons. The van der Waals surface area contributed by atoms with Gasteiger partial charge in [-0.2, -0.15) is 4.98 Å². The molecular weight excluding hydrogens is 190 g/mol. The number of nitrogens with one attached hydrogen (secondary N) is 1. The van der Waals surface area contributed by atoms with Crippen molar-refractivity contribution in [3.63, 3.8) is 0 Å². The van der Waals surface area contributed by atoms with Gasteiger partial charge in [-0.1, -0.05) is 11.2 Å². The van der Waals surface area contributed by atoms with Crippen LogP contribution < -0.4 is 5.32 Å². The Labute approximate surface area is 82.8 Å². The first-order chi connectivity index (χ1) is 5.86. The van der Waals surface area contributed by atoms with Crippen LogP contribution in [-0.4, -0.2) is 23.2 Å². The van der Waals surface area contributed by atoms with E-state index < -0.39 is 0 Å². The van der Waals surface area contributed by atoms with Crippen LogP contribution in [0.3, 0.4) is 0 Å². The highest BCUT2D eigenvalue weighted by Crippen LogP contribution is 2.13. The van der Waals surface area contributed by atoms with Crippen molar-refractivity contribution in [1.82, 2.24) is 15.5 Å². The first-order valence-corrected chi connectivity index (χ1v) is 4.07. The quantitative estimate of drug-likeness (QED) is 0.742. The van der Waals surface area contributed by atoms with Crippen molar-refractivity contribution in [2.24, 2.45) is 0 Å². The van der Waals surface area contributed by atoms with Crippen LogP contribution in [0.15, 0.2) is 10.6 Å². The summed E-state index contributed by atoms with van der Waals surface area (Å²) in [5.74, 6) is 1.34. The van der Waals surface area contributed by atoms with Crippen molar-refractivity contribution in [3.05, 3.63) is 17.8 Å². The lowest BCUT2D eigenvalue weighted by Crippen LogP contribution is -2.21. The second kappa shape index (κ2) is 4.39. The Hall–Kier alpha value is -0.870. The minimum atomic E-state index is 0. The van der Waals surface area contributed by atoms with Crippen molar-refractivity contribution >= 4 is 18.0 Å². The summed E-state index contributed by atoms with van der Waals surface area (Å²) in [6.07, 6.45) is 3.18. The number of halogens is 1. The number of aromatic nitrogens is 2. The second-order valence-corrected chi connectivity index (χ2v) is 2.84. The number of rotatable bonds is 1. The number of hydrogen-bond acceptors (Lipinski definition) is 4. The van der Waals surface area contributed by atoms with Gasteiger partial charge in [0, 0.05) is 12.1 Å². The maximum Gasteiger partial charge on any atom is 0.254 e. The molecule has 1 N–H and O–H groups in total. The van der Waals surface area contributed by atoms with Gasteiger partial charge in [-0.15, -0.1) is 12.4 Å². The maximum atomic E-state index is 5.03. The highest BCUT2D eigenvalue weighted by molar-refractivity contribution is 5.85. The average Bonchev–Trinajstić information content (AvgIpc) is 2.54. The fourth-order valence-electron chi connectivity index (χ4n) is 1.23. The predicted octanol–water partition coefficient (Wildman–Crippen LogP) is 1.18. The van der Waals surface area contributed by atoms with E-state index in [0.717, 1.165) is 25.1 Å². The van der Waals surface area contributed by atoms with E-state index in [2.05, 4.69) is 21.5 Å². The normalized spacial score (nSPS) is 16.2. The fraction of sp³-hybridized carbons (Fsp3) is 0.500. The Bertz CT molecular complexity index is 308. The highest BCUT2D eigenvalue weighted by Gasteiger charge is 2.11. The molecule has 0 aliphatic carbocycles. The molecule has 0 unspecified atom stereocenters. The smallest absolute Gasteiger partial charge is 0.254 e. The van der Waals surface area contributed by atoms with Crippen LogP contribution in [0.1, 0.15) is 18.1 Å². The van der Waals surface area contributed by atoms with E-state index in [9.17, 15) is 0 Å². The number of hydrogen-bond donors (Lipinski definition) is 1. The summed E-state index contributed by atoms with van der Waals surface area (Å²) >= 11 is 0. The van der Waals surface area contributed by atoms with E-state index in [0.29, 0.717) is 11.7 Å². The van der Waals surface area contributed by atoms with Crippen LogP contribution in [-0.2, 0) is 0 Å². The second-order valence-electron chi connectivity index (χ2n) is 2.84. The van der Waals surface area contributed by atoms with Crippen LogP contribution in [0.5, 0.6) is 0 Å². The van der Waals surface area contributed by atoms with Gasteiger partial charge in [-0.05, 0) is 19.9 Å². The van der Waals surface area contributed by atoms with Crippen molar-refractivity contribution in [1.29, 1.82) is 0 Å². The lowest BCUT2D eigenvalue weighted by molar-refractivity contribution is 0.400. The molecule has 72 valence electrons. The molecule has 0 spiro atoms. The SMILES string of the molecule is Cc1noc(C2=CCCNC2)n1.Cl. The lowest BCUT2D eigenvalue weighted by Gasteiger charge is -2.09. The van der Waals surface area contributed by atoms with Gasteiger partial charge in [0.15, 0.2) is 5.82 Å². The standard InChI is InChI=1S/C8H11N3O.ClH/c1-6-10-8(12-11-6)7-3-2-4-9-5-7;/h3,9H,2,4-5H2,1H3;1H. The van der Waals surface area contributed by atoms with Crippen LogP contribution in [0.2, 0.25) is 0 Å². The van der Waals surface area contributed by atoms with Gasteiger partial charge in [-0.25, -0.2) is 0 Å². The molecule has 0 fully saturated rings. The predicted molar refractivity (Wildman–Crippen MR) is 51.7 cm³/mol. The first kappa shape index (κ1) is 10.2. The molecule has 5 heteroatoms. The van der Waals surface area contributed by atoms with Gasteiger partial charge in [0.25, 0.3) is 5.89 Å². The van der Waals surface area contributed by atoms with Crippen molar-refractivity contribution in [2.45, 2.75) is 13.3 Å². The summed E-state index contributed by atoms with van der Waals surface area (Å²) in [4.78, 5) is 4.15. The molecule has 2 heterocycles. The molecule has 2 rings (SSSR count). The maximum absolute atomic E-state index is 5.03. The largest absolute Gasteiger partial charge is 0.334 e. The lowest BCUT2D eigenvalue weighted by atomic mass is 10.1. The van der Waals surface area contributed by atoms with E-state index in [1.807, 2.05) is 6.92 Å². The molecule has 13 heavy (non-hydrogen) atoms. The molecule has 1 aliphatic heterocycles. The van der Waals surface area contributed by atoms with Gasteiger partial charge in [0.2, 0.25) is 0 Å². The molecule has 4 nitrogen and oxygen atoms in total. The van der Waals surface area contributed by atoms with Crippen LogP contribution in [0.4, 0.5) is 0 Å². The molecule has 0 saturated heterocycles. The summed E-state index contributed by atoms with van der Waals surface area (Å²) in [6.45, 7) is 3.70. The summed E-state index contributed by atoms with van der Waals surface area (Å²) in [5, 5.41) is 6.98. The zero-order valence-electron chi connectivity index (χ0n) is 7.41. The molecule has 0 saturated carbocycles. The van der Waals surface area contributed by atoms with E-state index in [1.165, 1.54) is 0 Å². The third-order valence-electron chi connectivity index (χ3n) is 1.83. The minimum Gasteiger partial charge on any atom is -0.334 e. The first-order valence-electron chi connectivity index (χ1n) is 4.07. The zero-order chi connectivity index (χ0) is 8.39. The van der Waals surface area contributed by atoms with Crippen molar-refractivity contribution < 1.29 is 4.52 Å². The number of aryl methyl sites for hydroxylation is 1. The molecule has 1 aromatic heterocycles. The van der Waals surface area contributed by atoms with Crippen LogP contribution in [0.25, 0.3) is 5.57 Å². The summed E-state index contributed by atoms with van der Waals surface area (Å²) in [5.41, 5.74) is 1.11. The van der Waals surface area contributed by atoms with Crippen molar-refractivity contribution in [2.75, 3.05) is 13.1 Å². The summed E-state index contributed by atoms with van der Waals surface area (Å²) in [7, 11) is 0. The molecule has 0 aromatic carbocycles. The Balaban J connectivity index is 0.000000845. The van der Waals surface area contributed by atoms with E-state index in [1.54, 1.807) is 0 Å². The minimum absolute atomic E-state index is 0. The van der Waals surface area contributed by atoms with Gasteiger partial charge in [0.05, 0.1) is 0 Å². The fourth-order valence-corrected chi connectivity index (χ4v) is 1.23. The molecule has 0 bridgehead atoms. The van der Waals surface area contributed by atoms with E-state index in [4.69, 9.17) is 4.52 Å². The van der Waals surface area contributed by atoms with Gasteiger partial charge < -0.3 is 9.84 Å². The Morgan fingerprint density at radius 3 is 2.92 bits per heavy atom. The average molecular weight is 202 g/mol. The van der Waals surface area contributed by atoms with E-state index >= 15 is 0 Å². The van der Waals surface area contributed by atoms with Crippen LogP contribution >= 0.6 is 12.4 Å². The zero-order valence-corrected chi connectivity index (χ0v) is 8.23. The van der Waals surface area contributed by atoms with Crippen molar-refractivity contribution in [3.8, 4) is 0 Å². The number of nitrogens with zero attached hydrogens (tertiary/aromatic N) is 2. The molecule has 0 atom stereocenters. The molecule has 1 aromatic rings. The Morgan fingerprint density at radius 2 is 2.38 bits per heavy atom. The third-order valence-corrected chi connectivity index (χ3v) is 1.83. The third kappa shape index (κ3) is 2.29. The highest BCUT2D eigenvalue weighted by atomic mass is 35.5. The Kier molecular flexibility index (Phi) is 3.45. The van der Waals surface area contributed by atoms with Gasteiger partial charge in [0.1, 0.15) is 0 Å². The van der Waals surface area contributed by atoms with E-state index in [-0.39, 0.29) is 12.4 Å². The van der Waals surface area contributed by atoms with Gasteiger partial charge >= 0.3 is 0 Å². The topological polar surface area (TPSA) is 51.0 Å². The monoisotopic (exact) mass is 201 g/mol. The molecule has 0 amide bonds.